The molecule has 1 unspecified atom stereocenters. The van der Waals surface area contributed by atoms with Gasteiger partial charge in [0.25, 0.3) is 11.8 Å². The van der Waals surface area contributed by atoms with Crippen molar-refractivity contribution >= 4 is 45.2 Å². The average Bonchev–Trinajstić information content (AvgIpc) is 3.59. The van der Waals surface area contributed by atoms with Crippen LogP contribution in [0.25, 0.3) is 0 Å². The first-order valence-electron chi connectivity index (χ1n) is 12.7. The van der Waals surface area contributed by atoms with Gasteiger partial charge in [0.2, 0.25) is 0 Å². The maximum Gasteiger partial charge on any atom is 0.253 e. The second kappa shape index (κ2) is 12.6. The molecular weight excluding hydrogens is 611 g/mol. The number of halogens is 2. The van der Waals surface area contributed by atoms with Gasteiger partial charge in [0.1, 0.15) is 11.6 Å². The fourth-order valence-electron chi connectivity index (χ4n) is 4.32. The molecule has 2 heterocycles. The summed E-state index contributed by atoms with van der Waals surface area (Å²) in [6, 6.07) is 20.3. The molecule has 5 rings (SSSR count). The Labute approximate surface area is 248 Å². The molecule has 1 aliphatic heterocycles. The standard InChI is InChI=1S/C29H26BrFN6O3S/c1-36-26(16-32-28(39)20-7-13-23(40-2)14-8-20)33-34-29(36)41-17-27(38)37-25(19-5-11-22(31)12-6-19)15-24(35-37)18-3-9-21(30)10-4-18/h3-14,25H,15-17H2,1-2H3,(H,32,39). The summed E-state index contributed by atoms with van der Waals surface area (Å²) in [5, 5.41) is 17.9. The molecule has 0 aliphatic carbocycles. The largest absolute Gasteiger partial charge is 0.497 e. The summed E-state index contributed by atoms with van der Waals surface area (Å²) in [5.41, 5.74) is 2.99. The van der Waals surface area contributed by atoms with Gasteiger partial charge in [-0.25, -0.2) is 9.40 Å². The van der Waals surface area contributed by atoms with Crippen LogP contribution in [0, 0.1) is 5.82 Å². The summed E-state index contributed by atoms with van der Waals surface area (Å²) in [6.45, 7) is 0.169. The fraction of sp³-hybridized carbons (Fsp3) is 0.207. The predicted octanol–water partition coefficient (Wildman–Crippen LogP) is 5.13. The van der Waals surface area contributed by atoms with E-state index in [0.29, 0.717) is 28.7 Å². The van der Waals surface area contributed by atoms with E-state index in [1.54, 1.807) is 55.1 Å². The summed E-state index contributed by atoms with van der Waals surface area (Å²) in [4.78, 5) is 25.9. The SMILES string of the molecule is COc1ccc(C(=O)NCc2nnc(SCC(=O)N3N=C(c4ccc(Br)cc4)CC3c3ccc(F)cc3)n2C)cc1. The van der Waals surface area contributed by atoms with Crippen LogP contribution < -0.4 is 10.1 Å². The van der Waals surface area contributed by atoms with Crippen molar-refractivity contribution in [3.63, 3.8) is 0 Å². The van der Waals surface area contributed by atoms with Gasteiger partial charge in [-0.05, 0) is 59.7 Å². The first-order valence-corrected chi connectivity index (χ1v) is 14.4. The topological polar surface area (TPSA) is 102 Å². The molecule has 1 atom stereocenters. The Morgan fingerprint density at radius 2 is 1.76 bits per heavy atom. The van der Waals surface area contributed by atoms with Crippen LogP contribution >= 0.6 is 27.7 Å². The minimum absolute atomic E-state index is 0.0684. The van der Waals surface area contributed by atoms with Crippen molar-refractivity contribution in [2.75, 3.05) is 12.9 Å². The van der Waals surface area contributed by atoms with E-state index in [1.807, 2.05) is 24.3 Å². The number of rotatable bonds is 9. The Bertz CT molecular complexity index is 1580. The number of carbonyl (C=O) groups excluding carboxylic acids is 2. The molecule has 0 bridgehead atoms. The molecule has 2 amide bonds. The molecule has 0 fully saturated rings. The number of hydrogen-bond donors (Lipinski definition) is 1. The number of aromatic nitrogens is 3. The van der Waals surface area contributed by atoms with Gasteiger partial charge < -0.3 is 14.6 Å². The van der Waals surface area contributed by atoms with E-state index in [2.05, 4.69) is 36.5 Å². The van der Waals surface area contributed by atoms with Gasteiger partial charge in [-0.15, -0.1) is 10.2 Å². The molecule has 0 saturated heterocycles. The number of nitrogens with zero attached hydrogens (tertiary/aromatic N) is 5. The minimum atomic E-state index is -0.356. The monoisotopic (exact) mass is 636 g/mol. The van der Waals surface area contributed by atoms with E-state index >= 15 is 0 Å². The average molecular weight is 638 g/mol. The van der Waals surface area contributed by atoms with E-state index in [0.717, 1.165) is 21.3 Å². The Morgan fingerprint density at radius 1 is 1.05 bits per heavy atom. The molecule has 0 saturated carbocycles. The van der Waals surface area contributed by atoms with Crippen LogP contribution in [-0.2, 0) is 18.4 Å². The van der Waals surface area contributed by atoms with E-state index < -0.39 is 0 Å². The van der Waals surface area contributed by atoms with Crippen molar-refractivity contribution in [1.29, 1.82) is 0 Å². The molecule has 4 aromatic rings. The number of nitrogens with one attached hydrogen (secondary N) is 1. The van der Waals surface area contributed by atoms with Crippen LogP contribution in [0.4, 0.5) is 4.39 Å². The lowest BCUT2D eigenvalue weighted by Gasteiger charge is -2.22. The molecule has 3 aromatic carbocycles. The summed E-state index contributed by atoms with van der Waals surface area (Å²) >= 11 is 4.68. The van der Waals surface area contributed by atoms with Crippen LogP contribution in [0.5, 0.6) is 5.75 Å². The summed E-state index contributed by atoms with van der Waals surface area (Å²) < 4.78 is 21.4. The van der Waals surface area contributed by atoms with E-state index in [-0.39, 0.29) is 36.0 Å². The van der Waals surface area contributed by atoms with Crippen LogP contribution in [-0.4, -0.2) is 50.2 Å². The van der Waals surface area contributed by atoms with Gasteiger partial charge in [0, 0.05) is 23.5 Å². The van der Waals surface area contributed by atoms with Crippen molar-refractivity contribution in [2.45, 2.75) is 24.2 Å². The number of ether oxygens (including phenoxy) is 1. The Hall–Kier alpha value is -4.03. The van der Waals surface area contributed by atoms with E-state index in [4.69, 9.17) is 4.74 Å². The third-order valence-electron chi connectivity index (χ3n) is 6.61. The Kier molecular flexibility index (Phi) is 8.79. The van der Waals surface area contributed by atoms with Crippen LogP contribution in [0.15, 0.2) is 87.5 Å². The molecule has 1 N–H and O–H groups in total. The highest BCUT2D eigenvalue weighted by atomic mass is 79.9. The van der Waals surface area contributed by atoms with Crippen molar-refractivity contribution < 1.29 is 18.7 Å². The zero-order chi connectivity index (χ0) is 28.9. The first-order chi connectivity index (χ1) is 19.8. The molecule has 0 radical (unpaired) electrons. The maximum atomic E-state index is 13.6. The first kappa shape index (κ1) is 28.5. The van der Waals surface area contributed by atoms with Gasteiger partial charge >= 0.3 is 0 Å². The van der Waals surface area contributed by atoms with E-state index in [1.165, 1.54) is 28.9 Å². The van der Waals surface area contributed by atoms with Crippen LogP contribution in [0.2, 0.25) is 0 Å². The summed E-state index contributed by atoms with van der Waals surface area (Å²) in [6.07, 6.45) is 0.506. The molecule has 0 spiro atoms. The number of benzene rings is 3. The third kappa shape index (κ3) is 6.66. The normalized spacial score (nSPS) is 14.6. The second-order valence-corrected chi connectivity index (χ2v) is 11.1. The van der Waals surface area contributed by atoms with Gasteiger partial charge in [-0.3, -0.25) is 9.59 Å². The predicted molar refractivity (Wildman–Crippen MR) is 157 cm³/mol. The minimum Gasteiger partial charge on any atom is -0.497 e. The van der Waals surface area contributed by atoms with Crippen molar-refractivity contribution in [3.8, 4) is 5.75 Å². The molecule has 210 valence electrons. The third-order valence-corrected chi connectivity index (χ3v) is 8.14. The highest BCUT2D eigenvalue weighted by Crippen LogP contribution is 2.34. The zero-order valence-corrected chi connectivity index (χ0v) is 24.7. The van der Waals surface area contributed by atoms with Gasteiger partial charge in [0.15, 0.2) is 11.0 Å². The van der Waals surface area contributed by atoms with E-state index in [9.17, 15) is 14.0 Å². The molecule has 41 heavy (non-hydrogen) atoms. The quantitative estimate of drug-likeness (QED) is 0.256. The molecule has 1 aromatic heterocycles. The van der Waals surface area contributed by atoms with Gasteiger partial charge in [-0.2, -0.15) is 5.10 Å². The summed E-state index contributed by atoms with van der Waals surface area (Å²) in [7, 11) is 3.35. The molecular formula is C29H26BrFN6O3S. The van der Waals surface area contributed by atoms with Gasteiger partial charge in [-0.1, -0.05) is 52.0 Å². The number of thioether (sulfide) groups is 1. The number of carbonyl (C=O) groups is 2. The van der Waals surface area contributed by atoms with Crippen LogP contribution in [0.3, 0.4) is 0 Å². The number of hydrogen-bond acceptors (Lipinski definition) is 7. The molecule has 12 heteroatoms. The Morgan fingerprint density at radius 3 is 2.44 bits per heavy atom. The highest BCUT2D eigenvalue weighted by molar-refractivity contribution is 9.10. The lowest BCUT2D eigenvalue weighted by atomic mass is 9.98. The molecule has 1 aliphatic rings. The lowest BCUT2D eigenvalue weighted by molar-refractivity contribution is -0.130. The summed E-state index contributed by atoms with van der Waals surface area (Å²) in [5.74, 6) is 0.475. The smallest absolute Gasteiger partial charge is 0.253 e. The maximum absolute atomic E-state index is 13.6. The van der Waals surface area contributed by atoms with Gasteiger partial charge in [0.05, 0.1) is 31.2 Å². The number of amides is 2. The van der Waals surface area contributed by atoms with Crippen molar-refractivity contribution in [2.24, 2.45) is 12.1 Å². The lowest BCUT2D eigenvalue weighted by Crippen LogP contribution is -2.28. The second-order valence-electron chi connectivity index (χ2n) is 9.22. The van der Waals surface area contributed by atoms with Crippen molar-refractivity contribution in [1.82, 2.24) is 25.1 Å². The molecule has 9 nitrogen and oxygen atoms in total. The van der Waals surface area contributed by atoms with Crippen LogP contribution in [0.1, 0.15) is 39.8 Å². The highest BCUT2D eigenvalue weighted by Gasteiger charge is 2.33. The fourth-order valence-corrected chi connectivity index (χ4v) is 5.37. The number of methoxy groups -OCH3 is 1. The zero-order valence-electron chi connectivity index (χ0n) is 22.3. The Balaban J connectivity index is 1.25. The van der Waals surface area contributed by atoms with Crippen molar-refractivity contribution in [3.05, 3.63) is 106 Å². The number of hydrazone groups is 1.